The van der Waals surface area contributed by atoms with Gasteiger partial charge in [-0.15, -0.1) is 0 Å². The van der Waals surface area contributed by atoms with E-state index >= 15 is 0 Å². The van der Waals surface area contributed by atoms with E-state index in [1.165, 1.54) is 10.3 Å². The van der Waals surface area contributed by atoms with Crippen molar-refractivity contribution in [3.8, 4) is 5.75 Å². The molecule has 0 unspecified atom stereocenters. The van der Waals surface area contributed by atoms with E-state index in [2.05, 4.69) is 18.6 Å². The van der Waals surface area contributed by atoms with E-state index in [4.69, 9.17) is 0 Å². The summed E-state index contributed by atoms with van der Waals surface area (Å²) in [5.74, 6) is 0.370. The third kappa shape index (κ3) is 7.71. The van der Waals surface area contributed by atoms with E-state index in [1.807, 2.05) is 24.3 Å². The van der Waals surface area contributed by atoms with Crippen molar-refractivity contribution < 1.29 is 22.0 Å². The molecule has 0 atom stereocenters. The summed E-state index contributed by atoms with van der Waals surface area (Å²) in [4.78, 5) is 1.32. The van der Waals surface area contributed by atoms with Gasteiger partial charge in [-0.2, -0.15) is 0 Å². The quantitative estimate of drug-likeness (QED) is 0.379. The standard InChI is InChI=1S/C12H12OS.6FH.Sb/c1-14(2)12-8-7-11(13)9-5-3-4-6-10(9)12;;;;;;;/h3-8H,1-2H3;6*1H;/q;;;;;;;+5/p-5. The van der Waals surface area contributed by atoms with Crippen molar-refractivity contribution in [1.82, 2.24) is 0 Å². The molecular weight excluding hydrogens is 428 g/mol. The number of fused-ring (bicyclic) bond motifs is 1. The molecule has 2 aromatic carbocycles. The Morgan fingerprint density at radius 1 is 0.810 bits per heavy atom. The molecule has 9 heteroatoms. The van der Waals surface area contributed by atoms with E-state index in [0.29, 0.717) is 5.75 Å². The van der Waals surface area contributed by atoms with Crippen molar-refractivity contribution in [1.29, 1.82) is 0 Å². The first-order valence-electron chi connectivity index (χ1n) is 5.50. The maximum absolute atomic E-state index is 11.2. The van der Waals surface area contributed by atoms with Crippen LogP contribution in [0.2, 0.25) is 0 Å². The molecule has 2 aromatic rings. The van der Waals surface area contributed by atoms with E-state index in [1.54, 1.807) is 6.07 Å². The summed E-state index contributed by atoms with van der Waals surface area (Å²) < 4.78 is 59.6. The van der Waals surface area contributed by atoms with Crippen molar-refractivity contribution in [2.45, 2.75) is 4.90 Å². The Labute approximate surface area is 122 Å². The summed E-state index contributed by atoms with van der Waals surface area (Å²) in [5, 5.41) is 11.8. The van der Waals surface area contributed by atoms with Crippen LogP contribution in [0.25, 0.3) is 10.8 Å². The molecule has 1 N–H and O–H groups in total. The number of phenols is 1. The molecule has 0 saturated carbocycles. The fraction of sp³-hybridized carbons (Fsp3) is 0.167. The average Bonchev–Trinajstić information content (AvgIpc) is 2.25. The second-order valence-electron chi connectivity index (χ2n) is 4.40. The summed E-state index contributed by atoms with van der Waals surface area (Å²) in [6, 6.07) is 11.8. The van der Waals surface area contributed by atoms with Gasteiger partial charge in [-0.25, -0.2) is 0 Å². The van der Waals surface area contributed by atoms with Gasteiger partial charge in [0.05, 0.1) is 0 Å². The zero-order chi connectivity index (χ0) is 16.5. The summed E-state index contributed by atoms with van der Waals surface area (Å²) in [6.45, 7) is 0. The molecule has 0 aliphatic heterocycles. The zero-order valence-corrected chi connectivity index (χ0v) is 14.4. The molecule has 0 bridgehead atoms. The van der Waals surface area contributed by atoms with Gasteiger partial charge in [-0.3, -0.25) is 0 Å². The van der Waals surface area contributed by atoms with Gasteiger partial charge in [0.1, 0.15) is 18.3 Å². The number of halogens is 6. The van der Waals surface area contributed by atoms with Crippen LogP contribution in [0.15, 0.2) is 41.3 Å². The molecule has 0 spiro atoms. The second kappa shape index (κ2) is 5.16. The van der Waals surface area contributed by atoms with Crippen molar-refractivity contribution >= 4 is 41.1 Å². The van der Waals surface area contributed by atoms with Crippen LogP contribution in [0, 0.1) is 0 Å². The first-order chi connectivity index (χ1) is 9.15. The molecule has 120 valence electrons. The monoisotopic (exact) mass is 440 g/mol. The Balaban J connectivity index is 0.000000270. The molecule has 0 radical (unpaired) electrons. The minimum absolute atomic E-state index is 0.227. The van der Waals surface area contributed by atoms with E-state index < -0.39 is 19.5 Å². The van der Waals surface area contributed by atoms with Crippen LogP contribution in [0.4, 0.5) is 16.9 Å². The molecule has 0 aromatic heterocycles. The maximum atomic E-state index is 9.93. The van der Waals surface area contributed by atoms with E-state index in [-0.39, 0.29) is 10.9 Å². The number of hydrogen-bond acceptors (Lipinski definition) is 1. The SMILES string of the molecule is C[S+](C)c1ccc(O)c2ccccc12.[F][Sb-]([F])([F])([F])([F])[F]. The minimum atomic E-state index is -11.2. The molecule has 0 heterocycles. The van der Waals surface area contributed by atoms with Gasteiger partial charge in [-0.05, 0) is 18.2 Å². The normalized spacial score (nSPS) is 15.1. The molecule has 0 aliphatic rings. The van der Waals surface area contributed by atoms with E-state index in [0.717, 1.165) is 5.39 Å². The number of rotatable bonds is 1. The Morgan fingerprint density at radius 3 is 1.67 bits per heavy atom. The molecule has 21 heavy (non-hydrogen) atoms. The zero-order valence-electron chi connectivity index (χ0n) is 11.0. The van der Waals surface area contributed by atoms with Gasteiger partial charge in [0, 0.05) is 21.7 Å². The summed E-state index contributed by atoms with van der Waals surface area (Å²) in [5.41, 5.74) is 0. The summed E-state index contributed by atoms with van der Waals surface area (Å²) in [6.07, 6.45) is 4.39. The van der Waals surface area contributed by atoms with Crippen LogP contribution in [-0.2, 0) is 10.9 Å². The summed E-state index contributed by atoms with van der Waals surface area (Å²) in [7, 11) is 0.227. The number of phenolic OH excluding ortho intramolecular Hbond substituents is 1. The Hall–Kier alpha value is -0.752. The van der Waals surface area contributed by atoms with Crippen LogP contribution < -0.4 is 0 Å². The molecular formula is C12H13F6OSSb. The van der Waals surface area contributed by atoms with Crippen molar-refractivity contribution in [2.75, 3.05) is 12.5 Å². The number of hydrogen-bond donors (Lipinski definition) is 1. The van der Waals surface area contributed by atoms with Gasteiger partial charge < -0.3 is 5.11 Å². The molecule has 0 aliphatic carbocycles. The predicted octanol–water partition coefficient (Wildman–Crippen LogP) is 4.92. The van der Waals surface area contributed by atoms with Gasteiger partial charge >= 0.3 is 36.4 Å². The fourth-order valence-corrected chi connectivity index (χ4v) is 2.57. The van der Waals surface area contributed by atoms with Crippen LogP contribution in [0.3, 0.4) is 0 Å². The average molecular weight is 441 g/mol. The Kier molecular flexibility index (Phi) is 4.49. The van der Waals surface area contributed by atoms with E-state index in [9.17, 15) is 22.0 Å². The van der Waals surface area contributed by atoms with Gasteiger partial charge in [0.25, 0.3) is 0 Å². The van der Waals surface area contributed by atoms with Crippen LogP contribution >= 0.6 is 0 Å². The van der Waals surface area contributed by atoms with Crippen LogP contribution in [0.5, 0.6) is 5.75 Å². The molecule has 1 nitrogen and oxygen atoms in total. The first kappa shape index (κ1) is 18.3. The third-order valence-corrected chi connectivity index (χ3v) is 3.54. The molecule has 0 saturated heterocycles. The summed E-state index contributed by atoms with van der Waals surface area (Å²) >= 11 is -11.2. The molecule has 0 amide bonds. The second-order valence-corrected chi connectivity index (χ2v) is 11.9. The van der Waals surface area contributed by atoms with Gasteiger partial charge in [0.2, 0.25) is 0 Å². The number of aromatic hydroxyl groups is 1. The van der Waals surface area contributed by atoms with Gasteiger partial charge in [-0.1, -0.05) is 18.2 Å². The topological polar surface area (TPSA) is 20.2 Å². The van der Waals surface area contributed by atoms with Crippen molar-refractivity contribution in [3.05, 3.63) is 36.4 Å². The van der Waals surface area contributed by atoms with Crippen LogP contribution in [0.1, 0.15) is 0 Å². The molecule has 0 fully saturated rings. The Bertz CT molecular complexity index is 642. The first-order valence-corrected chi connectivity index (χ1v) is 13.3. The van der Waals surface area contributed by atoms with Crippen molar-refractivity contribution in [2.24, 2.45) is 0 Å². The predicted molar refractivity (Wildman–Crippen MR) is 75.5 cm³/mol. The number of benzene rings is 2. The Morgan fingerprint density at radius 2 is 1.24 bits per heavy atom. The fourth-order valence-electron chi connectivity index (χ4n) is 1.61. The molecule has 2 rings (SSSR count). The van der Waals surface area contributed by atoms with Gasteiger partial charge in [0.15, 0.2) is 4.90 Å². The van der Waals surface area contributed by atoms with Crippen molar-refractivity contribution in [3.63, 3.8) is 0 Å². The van der Waals surface area contributed by atoms with Crippen LogP contribution in [-0.4, -0.2) is 37.1 Å². The third-order valence-electron chi connectivity index (χ3n) is 2.30.